The summed E-state index contributed by atoms with van der Waals surface area (Å²) in [6.07, 6.45) is -0.841. The fraction of sp³-hybridized carbons (Fsp3) is 0.391. The van der Waals surface area contributed by atoms with Crippen molar-refractivity contribution in [3.8, 4) is 17.2 Å². The van der Waals surface area contributed by atoms with Crippen LogP contribution in [0.25, 0.3) is 28.4 Å². The Labute approximate surface area is 224 Å². The van der Waals surface area contributed by atoms with Gasteiger partial charge in [0.2, 0.25) is 0 Å². The highest BCUT2D eigenvalue weighted by molar-refractivity contribution is 7.98. The molecule has 0 spiro atoms. The number of nitrogens with zero attached hydrogens (tertiary/aromatic N) is 7. The zero-order chi connectivity index (χ0) is 27.9. The molecule has 5 rings (SSSR count). The SMILES string of the molecule is CNC(=O)[C@H]1O[C@@H](n2cnc3c(NCC(C)(F)F)nc(-n4cc(-c5cccc(SC)c5)nn4)nc32)[C@H](O)[C@@H]1O. The summed E-state index contributed by atoms with van der Waals surface area (Å²) in [6, 6.07) is 7.67. The molecule has 0 radical (unpaired) electrons. The van der Waals surface area contributed by atoms with Crippen LogP contribution in [0.1, 0.15) is 13.2 Å². The molecule has 206 valence electrons. The van der Waals surface area contributed by atoms with Gasteiger partial charge in [-0.05, 0) is 18.4 Å². The van der Waals surface area contributed by atoms with Crippen LogP contribution in [-0.2, 0) is 9.53 Å². The van der Waals surface area contributed by atoms with Gasteiger partial charge in [0.1, 0.15) is 17.9 Å². The number of fused-ring (bicyclic) bond motifs is 1. The molecule has 4 aromatic rings. The van der Waals surface area contributed by atoms with Crippen molar-refractivity contribution in [1.29, 1.82) is 0 Å². The lowest BCUT2D eigenvalue weighted by Crippen LogP contribution is -2.41. The molecule has 16 heteroatoms. The summed E-state index contributed by atoms with van der Waals surface area (Å²) in [5.41, 5.74) is 1.52. The minimum atomic E-state index is -3.06. The van der Waals surface area contributed by atoms with Gasteiger partial charge in [-0.1, -0.05) is 17.3 Å². The van der Waals surface area contributed by atoms with Crippen molar-refractivity contribution in [2.24, 2.45) is 0 Å². The summed E-state index contributed by atoms with van der Waals surface area (Å²) in [7, 11) is 1.37. The minimum Gasteiger partial charge on any atom is -0.387 e. The highest BCUT2D eigenvalue weighted by atomic mass is 32.2. The number of alkyl halides is 2. The largest absolute Gasteiger partial charge is 0.387 e. The molecule has 0 saturated carbocycles. The van der Waals surface area contributed by atoms with Crippen LogP contribution in [0.3, 0.4) is 0 Å². The van der Waals surface area contributed by atoms with Crippen LogP contribution < -0.4 is 10.6 Å². The molecule has 1 aliphatic heterocycles. The predicted octanol–water partition coefficient (Wildman–Crippen LogP) is 1.23. The molecule has 4 atom stereocenters. The fourth-order valence-electron chi connectivity index (χ4n) is 4.08. The molecule has 0 bridgehead atoms. The number of hydrogen-bond donors (Lipinski definition) is 4. The summed E-state index contributed by atoms with van der Waals surface area (Å²) in [6.45, 7) is 0.0167. The Kier molecular flexibility index (Phi) is 7.19. The summed E-state index contributed by atoms with van der Waals surface area (Å²) in [4.78, 5) is 26.2. The Morgan fingerprint density at radius 3 is 2.77 bits per heavy atom. The third kappa shape index (κ3) is 5.27. The zero-order valence-electron chi connectivity index (χ0n) is 21.0. The van der Waals surface area contributed by atoms with E-state index in [0.717, 1.165) is 17.4 Å². The van der Waals surface area contributed by atoms with E-state index in [4.69, 9.17) is 4.74 Å². The second-order valence-corrected chi connectivity index (χ2v) is 9.82. The maximum atomic E-state index is 13.7. The van der Waals surface area contributed by atoms with Crippen molar-refractivity contribution in [3.63, 3.8) is 0 Å². The molecule has 0 aliphatic carbocycles. The van der Waals surface area contributed by atoms with Crippen LogP contribution in [0.5, 0.6) is 0 Å². The summed E-state index contributed by atoms with van der Waals surface area (Å²) >= 11 is 1.58. The van der Waals surface area contributed by atoms with Crippen molar-refractivity contribution in [2.75, 3.05) is 25.2 Å². The minimum absolute atomic E-state index is 0.0207. The molecule has 1 amide bonds. The maximum Gasteiger partial charge on any atom is 0.262 e. The van der Waals surface area contributed by atoms with Crippen LogP contribution >= 0.6 is 11.8 Å². The van der Waals surface area contributed by atoms with Gasteiger partial charge >= 0.3 is 0 Å². The van der Waals surface area contributed by atoms with Crippen molar-refractivity contribution in [2.45, 2.75) is 42.3 Å². The number of aliphatic hydroxyl groups excluding tert-OH is 2. The highest BCUT2D eigenvalue weighted by Crippen LogP contribution is 2.33. The normalized spacial score (nSPS) is 21.4. The Morgan fingerprint density at radius 2 is 2.05 bits per heavy atom. The third-order valence-corrected chi connectivity index (χ3v) is 6.78. The number of anilines is 1. The van der Waals surface area contributed by atoms with E-state index in [9.17, 15) is 23.8 Å². The molecule has 39 heavy (non-hydrogen) atoms. The van der Waals surface area contributed by atoms with Gasteiger partial charge in [-0.25, -0.2) is 13.8 Å². The number of imidazole rings is 1. The number of halogens is 2. The van der Waals surface area contributed by atoms with Gasteiger partial charge in [-0.3, -0.25) is 9.36 Å². The van der Waals surface area contributed by atoms with E-state index in [1.165, 1.54) is 22.6 Å². The molecule has 1 saturated heterocycles. The molecule has 1 aromatic carbocycles. The maximum absolute atomic E-state index is 13.7. The van der Waals surface area contributed by atoms with Crippen LogP contribution in [0.2, 0.25) is 0 Å². The van der Waals surface area contributed by atoms with E-state index in [1.807, 2.05) is 30.5 Å². The highest BCUT2D eigenvalue weighted by Gasteiger charge is 2.47. The molecule has 4 N–H and O–H groups in total. The van der Waals surface area contributed by atoms with Crippen LogP contribution in [0, 0.1) is 0 Å². The number of likely N-dealkylation sites (N-methyl/N-ethyl adjacent to an activating group) is 1. The van der Waals surface area contributed by atoms with Crippen LogP contribution in [0.15, 0.2) is 41.7 Å². The molecule has 1 aliphatic rings. The summed E-state index contributed by atoms with van der Waals surface area (Å²) < 4.78 is 35.6. The number of thioether (sulfide) groups is 1. The van der Waals surface area contributed by atoms with Gasteiger partial charge < -0.3 is 25.6 Å². The lowest BCUT2D eigenvalue weighted by atomic mass is 10.1. The van der Waals surface area contributed by atoms with Gasteiger partial charge in [0.25, 0.3) is 17.8 Å². The van der Waals surface area contributed by atoms with Crippen molar-refractivity contribution < 1.29 is 28.5 Å². The van der Waals surface area contributed by atoms with E-state index < -0.39 is 42.9 Å². The van der Waals surface area contributed by atoms with Crippen molar-refractivity contribution >= 4 is 34.7 Å². The molecular weight excluding hydrogens is 536 g/mol. The van der Waals surface area contributed by atoms with Crippen LogP contribution in [0.4, 0.5) is 14.6 Å². The van der Waals surface area contributed by atoms with E-state index in [2.05, 4.69) is 35.9 Å². The monoisotopic (exact) mass is 561 g/mol. The van der Waals surface area contributed by atoms with E-state index in [-0.39, 0.29) is 22.9 Å². The van der Waals surface area contributed by atoms with Gasteiger partial charge in [0, 0.05) is 24.4 Å². The number of amides is 1. The standard InChI is InChI=1S/C23H25F2N9O4S/c1-23(24,25)9-27-18-14-19(33(10-28-14)21-16(36)15(35)17(38-21)20(37)26-2)30-22(29-18)34-8-13(31-32-34)11-5-4-6-12(7-11)39-3/h4-8,10,15-17,21,35-36H,9H2,1-3H3,(H,26,37)(H,27,29,30)/t15-,16+,17-,21+/m0/s1. The Morgan fingerprint density at radius 1 is 1.26 bits per heavy atom. The lowest BCUT2D eigenvalue weighted by Gasteiger charge is -2.17. The number of ether oxygens (including phenoxy) is 1. The number of carbonyl (C=O) groups is 1. The molecule has 0 unspecified atom stereocenters. The quantitative estimate of drug-likeness (QED) is 0.229. The number of nitrogens with one attached hydrogen (secondary N) is 2. The van der Waals surface area contributed by atoms with Gasteiger partial charge in [-0.2, -0.15) is 14.6 Å². The first-order valence-electron chi connectivity index (χ1n) is 11.8. The third-order valence-electron chi connectivity index (χ3n) is 6.06. The topological polar surface area (TPSA) is 165 Å². The number of hydrogen-bond acceptors (Lipinski definition) is 11. The van der Waals surface area contributed by atoms with Gasteiger partial charge in [0.05, 0.1) is 19.1 Å². The zero-order valence-corrected chi connectivity index (χ0v) is 21.8. The van der Waals surface area contributed by atoms with Crippen LogP contribution in [-0.4, -0.2) is 94.7 Å². The van der Waals surface area contributed by atoms with E-state index >= 15 is 0 Å². The second-order valence-electron chi connectivity index (χ2n) is 8.94. The molecular formula is C23H25F2N9O4S. The lowest BCUT2D eigenvalue weighted by molar-refractivity contribution is -0.137. The number of carbonyl (C=O) groups excluding carboxylic acids is 1. The van der Waals surface area contributed by atoms with E-state index in [0.29, 0.717) is 5.69 Å². The average Bonchev–Trinajstić information content (AvgIpc) is 3.65. The first-order chi connectivity index (χ1) is 18.6. The van der Waals surface area contributed by atoms with Crippen molar-refractivity contribution in [3.05, 3.63) is 36.8 Å². The number of benzene rings is 1. The molecule has 13 nitrogen and oxygen atoms in total. The Balaban J connectivity index is 1.58. The first-order valence-corrected chi connectivity index (χ1v) is 13.0. The Hall–Kier alpha value is -3.73. The van der Waals surface area contributed by atoms with Gasteiger partial charge in [-0.15, -0.1) is 16.9 Å². The molecule has 4 heterocycles. The molecule has 3 aromatic heterocycles. The fourth-order valence-corrected chi connectivity index (χ4v) is 4.54. The summed E-state index contributed by atoms with van der Waals surface area (Å²) in [5, 5.41) is 34.3. The number of aliphatic hydroxyl groups is 2. The second kappa shape index (κ2) is 10.4. The first kappa shape index (κ1) is 26.9. The summed E-state index contributed by atoms with van der Waals surface area (Å²) in [5.74, 6) is -3.73. The number of aromatic nitrogens is 7. The Bertz CT molecular complexity index is 1510. The van der Waals surface area contributed by atoms with Gasteiger partial charge in [0.15, 0.2) is 29.3 Å². The number of rotatable bonds is 8. The molecule has 1 fully saturated rings. The smallest absolute Gasteiger partial charge is 0.262 e. The average molecular weight is 562 g/mol. The van der Waals surface area contributed by atoms with Crippen molar-refractivity contribution in [1.82, 2.24) is 39.8 Å². The van der Waals surface area contributed by atoms with E-state index in [1.54, 1.807) is 18.0 Å². The predicted molar refractivity (Wildman–Crippen MR) is 137 cm³/mol.